The minimum atomic E-state index is -0.336. The summed E-state index contributed by atoms with van der Waals surface area (Å²) in [4.78, 5) is 6.52. The molecule has 0 aliphatic rings. The van der Waals surface area contributed by atoms with Crippen LogP contribution in [-0.2, 0) is 6.54 Å². The Hall–Kier alpha value is -1.94. The van der Waals surface area contributed by atoms with E-state index in [1.165, 1.54) is 13.2 Å². The fourth-order valence-corrected chi connectivity index (χ4v) is 2.08. The fourth-order valence-electron chi connectivity index (χ4n) is 2.08. The quantitative estimate of drug-likeness (QED) is 0.835. The molecule has 3 nitrogen and oxygen atoms in total. The van der Waals surface area contributed by atoms with Crippen LogP contribution in [0.1, 0.15) is 24.2 Å². The van der Waals surface area contributed by atoms with E-state index in [4.69, 9.17) is 4.74 Å². The van der Waals surface area contributed by atoms with E-state index < -0.39 is 0 Å². The molecule has 0 aliphatic carbocycles. The van der Waals surface area contributed by atoms with Crippen molar-refractivity contribution in [1.29, 1.82) is 0 Å². The first-order valence-electron chi connectivity index (χ1n) is 6.55. The van der Waals surface area contributed by atoms with Gasteiger partial charge in [0.25, 0.3) is 0 Å². The van der Waals surface area contributed by atoms with E-state index in [2.05, 4.69) is 16.8 Å². The van der Waals surface area contributed by atoms with Crippen molar-refractivity contribution in [3.63, 3.8) is 0 Å². The number of halogens is 1. The second kappa shape index (κ2) is 6.48. The van der Waals surface area contributed by atoms with Crippen molar-refractivity contribution in [3.8, 4) is 5.75 Å². The number of rotatable bonds is 5. The summed E-state index contributed by atoms with van der Waals surface area (Å²) in [6.07, 6.45) is 1.79. The van der Waals surface area contributed by atoms with Crippen LogP contribution < -0.4 is 4.74 Å². The molecule has 1 atom stereocenters. The second-order valence-corrected chi connectivity index (χ2v) is 4.81. The van der Waals surface area contributed by atoms with Gasteiger partial charge >= 0.3 is 0 Å². The molecule has 0 spiro atoms. The van der Waals surface area contributed by atoms with Gasteiger partial charge in [0.2, 0.25) is 0 Å². The summed E-state index contributed by atoms with van der Waals surface area (Å²) in [5.41, 5.74) is 2.03. The second-order valence-electron chi connectivity index (χ2n) is 4.81. The van der Waals surface area contributed by atoms with Gasteiger partial charge in [0.05, 0.1) is 12.8 Å². The Bertz CT molecular complexity index is 560. The molecule has 0 aliphatic heterocycles. The van der Waals surface area contributed by atoms with E-state index in [0.29, 0.717) is 6.54 Å². The van der Waals surface area contributed by atoms with Crippen molar-refractivity contribution in [1.82, 2.24) is 9.88 Å². The summed E-state index contributed by atoms with van der Waals surface area (Å²) < 4.78 is 18.4. The smallest absolute Gasteiger partial charge is 0.165 e. The first kappa shape index (κ1) is 14.5. The number of ether oxygens (including phenoxy) is 1. The maximum absolute atomic E-state index is 13.4. The summed E-state index contributed by atoms with van der Waals surface area (Å²) in [5.74, 6) is -0.0573. The molecule has 1 aromatic carbocycles. The van der Waals surface area contributed by atoms with Gasteiger partial charge in [-0.2, -0.15) is 0 Å². The first-order valence-corrected chi connectivity index (χ1v) is 6.55. The summed E-state index contributed by atoms with van der Waals surface area (Å²) in [6.45, 7) is 2.80. The van der Waals surface area contributed by atoms with Crippen LogP contribution in [0.2, 0.25) is 0 Å². The predicted octanol–water partition coefficient (Wildman–Crippen LogP) is 3.42. The van der Waals surface area contributed by atoms with E-state index in [1.807, 2.05) is 25.2 Å². The van der Waals surface area contributed by atoms with Crippen LogP contribution in [0, 0.1) is 5.82 Å². The van der Waals surface area contributed by atoms with Crippen LogP contribution >= 0.6 is 0 Å². The molecule has 0 saturated heterocycles. The topological polar surface area (TPSA) is 25.4 Å². The first-order chi connectivity index (χ1) is 9.61. The molecular formula is C16H19FN2O. The van der Waals surface area contributed by atoms with Gasteiger partial charge in [-0.05, 0) is 43.8 Å². The third-order valence-corrected chi connectivity index (χ3v) is 3.42. The lowest BCUT2D eigenvalue weighted by Crippen LogP contribution is -2.22. The van der Waals surface area contributed by atoms with Gasteiger partial charge < -0.3 is 4.74 Å². The number of pyridine rings is 1. The molecule has 106 valence electrons. The van der Waals surface area contributed by atoms with Crippen LogP contribution in [0.5, 0.6) is 5.75 Å². The minimum absolute atomic E-state index is 0.187. The van der Waals surface area contributed by atoms with Crippen molar-refractivity contribution in [3.05, 3.63) is 59.7 Å². The lowest BCUT2D eigenvalue weighted by atomic mass is 10.1. The predicted molar refractivity (Wildman–Crippen MR) is 77.1 cm³/mol. The molecule has 0 unspecified atom stereocenters. The minimum Gasteiger partial charge on any atom is -0.494 e. The normalized spacial score (nSPS) is 12.4. The Kier molecular flexibility index (Phi) is 4.69. The van der Waals surface area contributed by atoms with E-state index >= 15 is 0 Å². The largest absolute Gasteiger partial charge is 0.494 e. The van der Waals surface area contributed by atoms with Crippen LogP contribution in [0.15, 0.2) is 42.6 Å². The number of aromatic nitrogens is 1. The molecule has 0 fully saturated rings. The molecule has 2 aromatic rings. The highest BCUT2D eigenvalue weighted by Crippen LogP contribution is 2.22. The summed E-state index contributed by atoms with van der Waals surface area (Å²) in [5, 5.41) is 0. The lowest BCUT2D eigenvalue weighted by molar-refractivity contribution is 0.248. The number of benzene rings is 1. The number of methoxy groups -OCH3 is 1. The van der Waals surface area contributed by atoms with Crippen LogP contribution in [0.3, 0.4) is 0 Å². The van der Waals surface area contributed by atoms with Crippen molar-refractivity contribution in [2.45, 2.75) is 19.5 Å². The zero-order valence-electron chi connectivity index (χ0n) is 12.0. The summed E-state index contributed by atoms with van der Waals surface area (Å²) in [7, 11) is 3.50. The Balaban J connectivity index is 2.09. The molecule has 0 N–H and O–H groups in total. The highest BCUT2D eigenvalue weighted by molar-refractivity contribution is 5.30. The van der Waals surface area contributed by atoms with E-state index in [9.17, 15) is 4.39 Å². The fraction of sp³-hybridized carbons (Fsp3) is 0.312. The number of hydrogen-bond donors (Lipinski definition) is 0. The zero-order chi connectivity index (χ0) is 14.5. The molecule has 1 heterocycles. The van der Waals surface area contributed by atoms with Crippen molar-refractivity contribution >= 4 is 0 Å². The molecule has 4 heteroatoms. The third-order valence-electron chi connectivity index (χ3n) is 3.42. The molecule has 20 heavy (non-hydrogen) atoms. The SMILES string of the molecule is COc1cc(CN(C)[C@H](C)c2ccccn2)ccc1F. The summed E-state index contributed by atoms with van der Waals surface area (Å²) >= 11 is 0. The monoisotopic (exact) mass is 274 g/mol. The number of hydrogen-bond acceptors (Lipinski definition) is 3. The van der Waals surface area contributed by atoms with Gasteiger partial charge in [-0.1, -0.05) is 12.1 Å². The highest BCUT2D eigenvalue weighted by atomic mass is 19.1. The van der Waals surface area contributed by atoms with Crippen LogP contribution in [0.25, 0.3) is 0 Å². The summed E-state index contributed by atoms with van der Waals surface area (Å²) in [6, 6.07) is 11.0. The zero-order valence-corrected chi connectivity index (χ0v) is 12.0. The Morgan fingerprint density at radius 2 is 2.10 bits per heavy atom. The van der Waals surface area contributed by atoms with Gasteiger partial charge in [-0.3, -0.25) is 9.88 Å². The number of nitrogens with zero attached hydrogens (tertiary/aromatic N) is 2. The van der Waals surface area contributed by atoms with Crippen LogP contribution in [0.4, 0.5) is 4.39 Å². The van der Waals surface area contributed by atoms with E-state index in [-0.39, 0.29) is 17.6 Å². The molecule has 0 radical (unpaired) electrons. The van der Waals surface area contributed by atoms with E-state index in [1.54, 1.807) is 18.3 Å². The Morgan fingerprint density at radius 3 is 2.75 bits per heavy atom. The molecule has 0 bridgehead atoms. The molecular weight excluding hydrogens is 255 g/mol. The molecule has 2 rings (SSSR count). The maximum atomic E-state index is 13.4. The Labute approximate surface area is 119 Å². The van der Waals surface area contributed by atoms with Crippen molar-refractivity contribution in [2.24, 2.45) is 0 Å². The van der Waals surface area contributed by atoms with E-state index in [0.717, 1.165) is 11.3 Å². The van der Waals surface area contributed by atoms with Gasteiger partial charge in [-0.25, -0.2) is 4.39 Å². The highest BCUT2D eigenvalue weighted by Gasteiger charge is 2.13. The third kappa shape index (κ3) is 3.33. The van der Waals surface area contributed by atoms with Crippen LogP contribution in [-0.4, -0.2) is 24.0 Å². The van der Waals surface area contributed by atoms with Gasteiger partial charge in [-0.15, -0.1) is 0 Å². The average molecular weight is 274 g/mol. The standard InChI is InChI=1S/C16H19FN2O/c1-12(15-6-4-5-9-18-15)19(2)11-13-7-8-14(17)16(10-13)20-3/h4-10,12H,11H2,1-3H3/t12-/m1/s1. The molecule has 1 aromatic heterocycles. The Morgan fingerprint density at radius 1 is 1.30 bits per heavy atom. The van der Waals surface area contributed by atoms with Crippen molar-refractivity contribution < 1.29 is 9.13 Å². The molecule has 0 saturated carbocycles. The van der Waals surface area contributed by atoms with Gasteiger partial charge in [0, 0.05) is 18.8 Å². The lowest BCUT2D eigenvalue weighted by Gasteiger charge is -2.24. The van der Waals surface area contributed by atoms with Crippen molar-refractivity contribution in [2.75, 3.05) is 14.2 Å². The van der Waals surface area contributed by atoms with Gasteiger partial charge in [0.15, 0.2) is 11.6 Å². The maximum Gasteiger partial charge on any atom is 0.165 e. The molecule has 0 amide bonds. The average Bonchev–Trinajstić information content (AvgIpc) is 2.49. The van der Waals surface area contributed by atoms with Gasteiger partial charge in [0.1, 0.15) is 0 Å².